The molecule has 0 atom stereocenters. The number of hydrogen-bond donors (Lipinski definition) is 0. The molecule has 0 aliphatic heterocycles. The number of rotatable bonds is 1. The average molecular weight is 150 g/mol. The number of carbonyl (C=O) groups excluding carboxylic acids is 1. The zero-order chi connectivity index (χ0) is 8.32. The summed E-state index contributed by atoms with van der Waals surface area (Å²) in [6.45, 7) is 0. The van der Waals surface area contributed by atoms with E-state index in [2.05, 4.69) is 10.0 Å². The molecule has 56 valence electrons. The molecule has 0 aromatic heterocycles. The minimum atomic E-state index is -0.980. The number of carbonyl (C=O) groups is 1. The van der Waals surface area contributed by atoms with Gasteiger partial charge in [0.05, 0.1) is 6.07 Å². The number of hydrogen-bond acceptors (Lipinski definition) is 2. The van der Waals surface area contributed by atoms with Gasteiger partial charge in [0.2, 0.25) is 5.91 Å². The Morgan fingerprint density at radius 3 is 2.64 bits per heavy atom. The monoisotopic (exact) mass is 150 g/mol. The molecule has 0 heterocycles. The number of azide groups is 1. The molecule has 1 fully saturated rings. The van der Waals surface area contributed by atoms with E-state index in [1.807, 2.05) is 6.07 Å². The van der Waals surface area contributed by atoms with Gasteiger partial charge >= 0.3 is 0 Å². The zero-order valence-electron chi connectivity index (χ0n) is 5.82. The molecule has 1 saturated carbocycles. The van der Waals surface area contributed by atoms with Gasteiger partial charge in [-0.15, -0.1) is 0 Å². The second kappa shape index (κ2) is 2.60. The Morgan fingerprint density at radius 2 is 2.36 bits per heavy atom. The van der Waals surface area contributed by atoms with Gasteiger partial charge in [0.15, 0.2) is 0 Å². The summed E-state index contributed by atoms with van der Waals surface area (Å²) in [4.78, 5) is 13.3. The summed E-state index contributed by atoms with van der Waals surface area (Å²) in [5.74, 6) is -0.631. The topological polar surface area (TPSA) is 89.6 Å². The minimum Gasteiger partial charge on any atom is -0.291 e. The third-order valence-corrected chi connectivity index (χ3v) is 1.97. The quantitative estimate of drug-likeness (QED) is 0.322. The summed E-state index contributed by atoms with van der Waals surface area (Å²) < 4.78 is 0. The van der Waals surface area contributed by atoms with E-state index < -0.39 is 11.3 Å². The van der Waals surface area contributed by atoms with Crippen LogP contribution in [0.4, 0.5) is 0 Å². The van der Waals surface area contributed by atoms with Crippen LogP contribution < -0.4 is 0 Å². The van der Waals surface area contributed by atoms with Crippen LogP contribution in [0.2, 0.25) is 0 Å². The zero-order valence-corrected chi connectivity index (χ0v) is 5.82. The Balaban J connectivity index is 2.80. The molecule has 1 amide bonds. The summed E-state index contributed by atoms with van der Waals surface area (Å²) in [5, 5.41) is 11.5. The van der Waals surface area contributed by atoms with E-state index >= 15 is 0 Å². The second-order valence-electron chi connectivity index (χ2n) is 2.54. The Labute approximate surface area is 63.2 Å². The normalized spacial score (nSPS) is 18.8. The lowest BCUT2D eigenvalue weighted by Crippen LogP contribution is -2.35. The van der Waals surface area contributed by atoms with E-state index in [9.17, 15) is 4.79 Å². The minimum absolute atomic E-state index is 0.529. The van der Waals surface area contributed by atoms with Gasteiger partial charge in [0, 0.05) is 4.91 Å². The van der Waals surface area contributed by atoms with E-state index in [0.717, 1.165) is 6.42 Å². The predicted molar refractivity (Wildman–Crippen MR) is 36.1 cm³/mol. The van der Waals surface area contributed by atoms with Gasteiger partial charge < -0.3 is 0 Å². The van der Waals surface area contributed by atoms with Crippen molar-refractivity contribution in [2.75, 3.05) is 0 Å². The van der Waals surface area contributed by atoms with Crippen molar-refractivity contribution in [1.29, 1.82) is 5.26 Å². The van der Waals surface area contributed by atoms with Crippen LogP contribution in [0.5, 0.6) is 0 Å². The van der Waals surface area contributed by atoms with E-state index in [1.165, 1.54) is 0 Å². The van der Waals surface area contributed by atoms with Crippen LogP contribution in [0.3, 0.4) is 0 Å². The summed E-state index contributed by atoms with van der Waals surface area (Å²) in [6, 6.07) is 1.89. The molecule has 0 aromatic rings. The van der Waals surface area contributed by atoms with Crippen molar-refractivity contribution in [3.8, 4) is 6.07 Å². The standard InChI is InChI=1S/C6H6N4O/c7-4-6(2-1-3-6)5(11)9-10-8/h1-3H2. The van der Waals surface area contributed by atoms with Gasteiger partial charge in [-0.25, -0.2) is 0 Å². The van der Waals surface area contributed by atoms with Crippen molar-refractivity contribution in [2.45, 2.75) is 19.3 Å². The molecule has 0 spiro atoms. The van der Waals surface area contributed by atoms with E-state index in [0.29, 0.717) is 12.8 Å². The molecule has 1 rings (SSSR count). The maximum absolute atomic E-state index is 10.9. The van der Waals surface area contributed by atoms with Gasteiger partial charge in [0.25, 0.3) is 0 Å². The molecule has 11 heavy (non-hydrogen) atoms. The first kappa shape index (κ1) is 7.58. The van der Waals surface area contributed by atoms with Gasteiger partial charge in [-0.2, -0.15) is 5.26 Å². The van der Waals surface area contributed by atoms with Crippen molar-refractivity contribution in [2.24, 2.45) is 10.5 Å². The van der Waals surface area contributed by atoms with Crippen LogP contribution in [0.25, 0.3) is 10.4 Å². The molecule has 1 aliphatic carbocycles. The maximum atomic E-state index is 10.9. The van der Waals surface area contributed by atoms with Gasteiger partial charge in [-0.3, -0.25) is 4.79 Å². The maximum Gasteiger partial charge on any atom is 0.239 e. The second-order valence-corrected chi connectivity index (χ2v) is 2.54. The highest BCUT2D eigenvalue weighted by atomic mass is 16.2. The van der Waals surface area contributed by atoms with Crippen LogP contribution in [0, 0.1) is 16.7 Å². The molecule has 0 N–H and O–H groups in total. The summed E-state index contributed by atoms with van der Waals surface area (Å²) >= 11 is 0. The molecule has 0 bridgehead atoms. The Hall–Kier alpha value is -1.53. The molecule has 0 aromatic carbocycles. The average Bonchev–Trinajstić information content (AvgIpc) is 1.87. The lowest BCUT2D eigenvalue weighted by Gasteiger charge is -2.31. The lowest BCUT2D eigenvalue weighted by atomic mass is 9.69. The Bertz CT molecular complexity index is 267. The number of nitriles is 1. The van der Waals surface area contributed by atoms with Crippen molar-refractivity contribution in [1.82, 2.24) is 0 Å². The molecular formula is C6H6N4O. The first-order chi connectivity index (χ1) is 5.25. The van der Waals surface area contributed by atoms with Crippen molar-refractivity contribution in [3.63, 3.8) is 0 Å². The molecule has 0 saturated heterocycles. The van der Waals surface area contributed by atoms with E-state index in [-0.39, 0.29) is 0 Å². The third kappa shape index (κ3) is 1.04. The Morgan fingerprint density at radius 1 is 1.73 bits per heavy atom. The Kier molecular flexibility index (Phi) is 1.79. The largest absolute Gasteiger partial charge is 0.291 e. The van der Waals surface area contributed by atoms with E-state index in [1.54, 1.807) is 0 Å². The van der Waals surface area contributed by atoms with Gasteiger partial charge in [-0.05, 0) is 29.9 Å². The predicted octanol–water partition coefficient (Wildman–Crippen LogP) is 1.52. The first-order valence-corrected chi connectivity index (χ1v) is 3.26. The molecule has 5 nitrogen and oxygen atoms in total. The summed E-state index contributed by atoms with van der Waals surface area (Å²) in [6.07, 6.45) is 1.92. The van der Waals surface area contributed by atoms with E-state index in [4.69, 9.17) is 10.8 Å². The highest BCUT2D eigenvalue weighted by Gasteiger charge is 2.43. The summed E-state index contributed by atoms with van der Waals surface area (Å²) in [7, 11) is 0. The number of nitrogens with zero attached hydrogens (tertiary/aromatic N) is 4. The molecular weight excluding hydrogens is 144 g/mol. The van der Waals surface area contributed by atoms with Gasteiger partial charge in [-0.1, -0.05) is 0 Å². The van der Waals surface area contributed by atoms with Crippen LogP contribution >= 0.6 is 0 Å². The van der Waals surface area contributed by atoms with Crippen LogP contribution in [-0.2, 0) is 4.79 Å². The fourth-order valence-electron chi connectivity index (χ4n) is 1.04. The molecule has 0 radical (unpaired) electrons. The first-order valence-electron chi connectivity index (χ1n) is 3.26. The van der Waals surface area contributed by atoms with Crippen LogP contribution in [-0.4, -0.2) is 5.91 Å². The van der Waals surface area contributed by atoms with Crippen LogP contribution in [0.1, 0.15) is 19.3 Å². The fourth-order valence-corrected chi connectivity index (χ4v) is 1.04. The SMILES string of the molecule is N#CC1(C(=O)N=[N+]=[N-])CCC1. The fraction of sp³-hybridized carbons (Fsp3) is 0.667. The summed E-state index contributed by atoms with van der Waals surface area (Å²) in [5.41, 5.74) is 6.96. The van der Waals surface area contributed by atoms with Gasteiger partial charge in [0.1, 0.15) is 5.41 Å². The highest BCUT2D eigenvalue weighted by Crippen LogP contribution is 2.41. The smallest absolute Gasteiger partial charge is 0.239 e. The molecule has 5 heteroatoms. The highest BCUT2D eigenvalue weighted by molar-refractivity contribution is 5.86. The van der Waals surface area contributed by atoms with Crippen molar-refractivity contribution in [3.05, 3.63) is 10.4 Å². The molecule has 1 aliphatic rings. The lowest BCUT2D eigenvalue weighted by molar-refractivity contribution is -0.128. The van der Waals surface area contributed by atoms with Crippen molar-refractivity contribution >= 4 is 5.91 Å². The number of amides is 1. The third-order valence-electron chi connectivity index (χ3n) is 1.97. The van der Waals surface area contributed by atoms with Crippen LogP contribution in [0.15, 0.2) is 5.11 Å². The van der Waals surface area contributed by atoms with Crippen molar-refractivity contribution < 1.29 is 4.79 Å². The molecule has 0 unspecified atom stereocenters.